The molecule has 0 aliphatic carbocycles. The summed E-state index contributed by atoms with van der Waals surface area (Å²) in [6, 6.07) is 3.30. The molecule has 184 valence electrons. The number of nitrogens with zero attached hydrogens (tertiary/aromatic N) is 1. The number of aromatic nitrogens is 1. The average Bonchev–Trinajstić information content (AvgIpc) is 2.84. The second kappa shape index (κ2) is 20.9. The van der Waals surface area contributed by atoms with Crippen molar-refractivity contribution in [2.45, 2.75) is 71.1 Å². The molecule has 1 rings (SSSR count). The lowest BCUT2D eigenvalue weighted by Crippen LogP contribution is -2.25. The van der Waals surface area contributed by atoms with Crippen LogP contribution < -0.4 is 5.32 Å². The fraction of sp³-hybridized carbons (Fsp3) is 0.414. The van der Waals surface area contributed by atoms with Gasteiger partial charge in [0.15, 0.2) is 0 Å². The van der Waals surface area contributed by atoms with E-state index in [2.05, 4.69) is 78.0 Å². The van der Waals surface area contributed by atoms with E-state index in [4.69, 9.17) is 11.6 Å². The monoisotopic (exact) mass is 482 g/mol. The van der Waals surface area contributed by atoms with Crippen LogP contribution in [0.15, 0.2) is 79.1 Å². The largest absolute Gasteiger partial charge is 0.352 e. The standard InChI is InChI=1S/C29H39ClN2O2/c1-2-3-4-5-6-7-8-9-10-11-12-13-14-15-16-17-18-21-26(33)22-19-25-32-29(34)27-23-20-24-31-28(27)30/h3-4,6-7,9-10,12-13,15-16,20,23-24H,2,5,8,11,14,17-19,21-22,25H2,1H3,(H,32,34)/b4-3-,7-6-,10-9-,13-12-,16-15-. The Bertz CT molecular complexity index is 853. The third kappa shape index (κ3) is 16.0. The highest BCUT2D eigenvalue weighted by Gasteiger charge is 2.10. The van der Waals surface area contributed by atoms with E-state index in [-0.39, 0.29) is 16.8 Å². The van der Waals surface area contributed by atoms with Gasteiger partial charge in [-0.2, -0.15) is 0 Å². The molecule has 1 amide bonds. The quantitative estimate of drug-likeness (QED) is 0.132. The molecular formula is C29H39ClN2O2. The van der Waals surface area contributed by atoms with Crippen molar-refractivity contribution < 1.29 is 9.59 Å². The number of Topliss-reactive ketones (excluding diaryl/α,β-unsaturated/α-hetero) is 1. The maximum absolute atomic E-state index is 12.0. The number of nitrogens with one attached hydrogen (secondary N) is 1. The van der Waals surface area contributed by atoms with E-state index in [0.717, 1.165) is 44.9 Å². The van der Waals surface area contributed by atoms with Gasteiger partial charge in [0.2, 0.25) is 0 Å². The Kier molecular flexibility index (Phi) is 18.0. The lowest BCUT2D eigenvalue weighted by Gasteiger charge is -2.05. The SMILES string of the molecule is CC/C=C\C/C=C\C/C=C\C/C=C\C/C=C\CCCC(=O)CCCNC(=O)c1cccnc1Cl. The van der Waals surface area contributed by atoms with Crippen LogP contribution in [0.5, 0.6) is 0 Å². The minimum absolute atomic E-state index is 0.186. The molecule has 0 spiro atoms. The van der Waals surface area contributed by atoms with Crippen molar-refractivity contribution in [2.24, 2.45) is 0 Å². The maximum Gasteiger partial charge on any atom is 0.254 e. The Labute approximate surface area is 210 Å². The molecule has 4 nitrogen and oxygen atoms in total. The van der Waals surface area contributed by atoms with Gasteiger partial charge in [0.25, 0.3) is 5.91 Å². The minimum Gasteiger partial charge on any atom is -0.352 e. The second-order valence-corrected chi connectivity index (χ2v) is 8.20. The zero-order valence-electron chi connectivity index (χ0n) is 20.4. The van der Waals surface area contributed by atoms with Crippen LogP contribution >= 0.6 is 11.6 Å². The lowest BCUT2D eigenvalue weighted by atomic mass is 10.1. The van der Waals surface area contributed by atoms with E-state index in [1.54, 1.807) is 12.1 Å². The Morgan fingerprint density at radius 3 is 2.00 bits per heavy atom. The summed E-state index contributed by atoms with van der Waals surface area (Å²) in [4.78, 5) is 27.9. The number of unbranched alkanes of at least 4 members (excludes halogenated alkanes) is 1. The Hall–Kier alpha value is -2.72. The predicted octanol–water partition coefficient (Wildman–Crippen LogP) is 7.74. The molecule has 0 saturated carbocycles. The van der Waals surface area contributed by atoms with Gasteiger partial charge in [-0.25, -0.2) is 4.98 Å². The van der Waals surface area contributed by atoms with E-state index >= 15 is 0 Å². The van der Waals surface area contributed by atoms with Crippen molar-refractivity contribution >= 4 is 23.3 Å². The molecule has 34 heavy (non-hydrogen) atoms. The van der Waals surface area contributed by atoms with Crippen LogP contribution in [0.1, 0.15) is 81.5 Å². The molecule has 1 aromatic heterocycles. The summed E-state index contributed by atoms with van der Waals surface area (Å²) in [6.07, 6.45) is 31.8. The summed E-state index contributed by atoms with van der Waals surface area (Å²) < 4.78 is 0. The summed E-state index contributed by atoms with van der Waals surface area (Å²) in [6.45, 7) is 2.59. The Morgan fingerprint density at radius 2 is 1.41 bits per heavy atom. The van der Waals surface area contributed by atoms with Gasteiger partial charge in [0.05, 0.1) is 5.56 Å². The number of ketones is 1. The molecule has 0 radical (unpaired) electrons. The molecule has 0 bridgehead atoms. The number of allylic oxidation sites excluding steroid dienone is 10. The van der Waals surface area contributed by atoms with Gasteiger partial charge in [-0.1, -0.05) is 79.3 Å². The number of carbonyl (C=O) groups excluding carboxylic acids is 2. The van der Waals surface area contributed by atoms with Crippen molar-refractivity contribution in [1.29, 1.82) is 0 Å². The normalized spacial score (nSPS) is 12.2. The smallest absolute Gasteiger partial charge is 0.254 e. The highest BCUT2D eigenvalue weighted by Crippen LogP contribution is 2.11. The first-order valence-corrected chi connectivity index (χ1v) is 12.7. The molecular weight excluding hydrogens is 444 g/mol. The number of rotatable bonds is 18. The number of hydrogen-bond acceptors (Lipinski definition) is 3. The molecule has 0 aliphatic heterocycles. The fourth-order valence-electron chi connectivity index (χ4n) is 3.05. The van der Waals surface area contributed by atoms with Gasteiger partial charge in [-0.3, -0.25) is 9.59 Å². The van der Waals surface area contributed by atoms with Gasteiger partial charge in [0.1, 0.15) is 10.9 Å². The van der Waals surface area contributed by atoms with Crippen LogP contribution in [0.4, 0.5) is 0 Å². The zero-order chi connectivity index (χ0) is 24.7. The van der Waals surface area contributed by atoms with Crippen molar-refractivity contribution in [1.82, 2.24) is 10.3 Å². The fourth-order valence-corrected chi connectivity index (χ4v) is 3.25. The number of carbonyl (C=O) groups is 2. The Morgan fingerprint density at radius 1 is 0.853 bits per heavy atom. The van der Waals surface area contributed by atoms with Crippen LogP contribution in [0.3, 0.4) is 0 Å². The summed E-state index contributed by atoms with van der Waals surface area (Å²) in [5.74, 6) is -0.0232. The Balaban J connectivity index is 1.98. The second-order valence-electron chi connectivity index (χ2n) is 7.84. The molecule has 1 heterocycles. The summed E-state index contributed by atoms with van der Waals surface area (Å²) >= 11 is 5.90. The summed E-state index contributed by atoms with van der Waals surface area (Å²) in [5, 5.41) is 2.96. The lowest BCUT2D eigenvalue weighted by molar-refractivity contribution is -0.119. The van der Waals surface area contributed by atoms with Crippen molar-refractivity contribution in [2.75, 3.05) is 6.54 Å². The number of halogens is 1. The number of pyridine rings is 1. The van der Waals surface area contributed by atoms with Gasteiger partial charge < -0.3 is 5.32 Å². The van der Waals surface area contributed by atoms with Gasteiger partial charge in [-0.05, 0) is 63.5 Å². The first kappa shape index (κ1) is 29.3. The molecule has 5 heteroatoms. The zero-order valence-corrected chi connectivity index (χ0v) is 21.2. The summed E-state index contributed by atoms with van der Waals surface area (Å²) in [5.41, 5.74) is 0.354. The average molecular weight is 483 g/mol. The third-order valence-corrected chi connectivity index (χ3v) is 5.21. The van der Waals surface area contributed by atoms with Crippen LogP contribution in [-0.2, 0) is 4.79 Å². The first-order valence-electron chi connectivity index (χ1n) is 12.3. The predicted molar refractivity (Wildman–Crippen MR) is 144 cm³/mol. The third-order valence-electron chi connectivity index (χ3n) is 4.91. The molecule has 1 aromatic rings. The minimum atomic E-state index is -0.260. The molecule has 0 atom stereocenters. The molecule has 0 unspecified atom stereocenters. The topological polar surface area (TPSA) is 59.1 Å². The first-order chi connectivity index (χ1) is 16.6. The van der Waals surface area contributed by atoms with Crippen LogP contribution in [-0.4, -0.2) is 23.2 Å². The molecule has 0 aromatic carbocycles. The van der Waals surface area contributed by atoms with E-state index in [1.165, 1.54) is 6.20 Å². The van der Waals surface area contributed by atoms with Gasteiger partial charge >= 0.3 is 0 Å². The van der Waals surface area contributed by atoms with Crippen LogP contribution in [0, 0.1) is 0 Å². The van der Waals surface area contributed by atoms with Gasteiger partial charge in [-0.15, -0.1) is 0 Å². The van der Waals surface area contributed by atoms with Crippen molar-refractivity contribution in [3.8, 4) is 0 Å². The molecule has 0 fully saturated rings. The van der Waals surface area contributed by atoms with E-state index in [0.29, 0.717) is 31.4 Å². The van der Waals surface area contributed by atoms with Crippen LogP contribution in [0.2, 0.25) is 5.15 Å². The molecule has 1 N–H and O–H groups in total. The van der Waals surface area contributed by atoms with Gasteiger partial charge in [0, 0.05) is 25.6 Å². The van der Waals surface area contributed by atoms with Crippen molar-refractivity contribution in [3.05, 3.63) is 89.8 Å². The number of amides is 1. The highest BCUT2D eigenvalue weighted by atomic mass is 35.5. The molecule has 0 aliphatic rings. The van der Waals surface area contributed by atoms with Crippen LogP contribution in [0.25, 0.3) is 0 Å². The molecule has 0 saturated heterocycles. The van der Waals surface area contributed by atoms with E-state index in [1.807, 2.05) is 0 Å². The van der Waals surface area contributed by atoms with E-state index in [9.17, 15) is 9.59 Å². The summed E-state index contributed by atoms with van der Waals surface area (Å²) in [7, 11) is 0. The number of hydrogen-bond donors (Lipinski definition) is 1. The maximum atomic E-state index is 12.0. The highest BCUT2D eigenvalue weighted by molar-refractivity contribution is 6.32. The van der Waals surface area contributed by atoms with E-state index < -0.39 is 0 Å². The van der Waals surface area contributed by atoms with Crippen molar-refractivity contribution in [3.63, 3.8) is 0 Å².